The Kier molecular flexibility index (Phi) is 8.04. The molecule has 1 aromatic heterocycles. The van der Waals surface area contributed by atoms with Crippen molar-refractivity contribution in [2.24, 2.45) is 0 Å². The lowest BCUT2D eigenvalue weighted by atomic mass is 10.1. The highest BCUT2D eigenvalue weighted by atomic mass is 19.4. The molecule has 1 fully saturated rings. The van der Waals surface area contributed by atoms with Crippen LogP contribution in [0, 0.1) is 0 Å². The van der Waals surface area contributed by atoms with Gasteiger partial charge in [-0.15, -0.1) is 10.2 Å². The largest absolute Gasteiger partial charge is 0.489 e. The first kappa shape index (κ1) is 24.2. The lowest BCUT2D eigenvalue weighted by Crippen LogP contribution is -2.23. The van der Waals surface area contributed by atoms with Crippen LogP contribution in [-0.2, 0) is 20.4 Å². The number of halogens is 3. The van der Waals surface area contributed by atoms with E-state index in [1.54, 1.807) is 6.07 Å². The van der Waals surface area contributed by atoms with E-state index in [1.165, 1.54) is 13.2 Å². The molecule has 178 valence electrons. The number of nitrogens with zero attached hydrogens (tertiary/aromatic N) is 3. The minimum Gasteiger partial charge on any atom is -0.489 e. The van der Waals surface area contributed by atoms with Gasteiger partial charge in [-0.3, -0.25) is 4.79 Å². The van der Waals surface area contributed by atoms with E-state index in [0.717, 1.165) is 44.1 Å². The number of amides is 1. The molecule has 1 aliphatic rings. The van der Waals surface area contributed by atoms with E-state index in [9.17, 15) is 22.8 Å². The maximum atomic E-state index is 13.1. The van der Waals surface area contributed by atoms with Crippen LogP contribution in [0.5, 0.6) is 5.75 Å². The van der Waals surface area contributed by atoms with E-state index in [4.69, 9.17) is 14.2 Å². The van der Waals surface area contributed by atoms with E-state index < -0.39 is 30.2 Å². The Hall–Kier alpha value is -3.41. The average molecular weight is 468 g/mol. The van der Waals surface area contributed by atoms with Crippen molar-refractivity contribution in [2.75, 3.05) is 50.2 Å². The van der Waals surface area contributed by atoms with Crippen molar-refractivity contribution in [1.82, 2.24) is 10.2 Å². The van der Waals surface area contributed by atoms with Gasteiger partial charge in [0, 0.05) is 20.2 Å². The van der Waals surface area contributed by atoms with Crippen molar-refractivity contribution in [3.8, 4) is 5.75 Å². The molecule has 3 rings (SSSR count). The van der Waals surface area contributed by atoms with Gasteiger partial charge < -0.3 is 24.4 Å². The number of rotatable bonds is 9. The smallest absolute Gasteiger partial charge is 0.416 e. The molecule has 12 heteroatoms. The third-order valence-electron chi connectivity index (χ3n) is 4.75. The number of carbonyl (C=O) groups is 2. The zero-order chi connectivity index (χ0) is 23.8. The van der Waals surface area contributed by atoms with Crippen LogP contribution in [0.15, 0.2) is 30.3 Å². The molecule has 1 aliphatic heterocycles. The second kappa shape index (κ2) is 10.9. The van der Waals surface area contributed by atoms with E-state index >= 15 is 0 Å². The topological polar surface area (TPSA) is 103 Å². The van der Waals surface area contributed by atoms with Crippen LogP contribution in [0.2, 0.25) is 0 Å². The van der Waals surface area contributed by atoms with E-state index in [2.05, 4.69) is 15.5 Å². The fraction of sp³-hybridized carbons (Fsp3) is 0.429. The summed E-state index contributed by atoms with van der Waals surface area (Å²) in [6.07, 6.45) is -2.49. The lowest BCUT2D eigenvalue weighted by Gasteiger charge is -2.15. The summed E-state index contributed by atoms with van der Waals surface area (Å²) in [4.78, 5) is 26.4. The Morgan fingerprint density at radius 2 is 1.85 bits per heavy atom. The number of methoxy groups -OCH3 is 1. The molecule has 2 heterocycles. The number of esters is 1. The SMILES string of the molecule is COCCOc1ccc(C(F)(F)F)cc1NC(=O)COC(=O)c1ccc(N2CCCC2)nn1. The number of anilines is 2. The molecular weight excluding hydrogens is 445 g/mol. The molecule has 9 nitrogen and oxygen atoms in total. The van der Waals surface area contributed by atoms with Crippen molar-refractivity contribution in [3.05, 3.63) is 41.6 Å². The molecule has 1 saturated heterocycles. The first-order chi connectivity index (χ1) is 15.8. The zero-order valence-electron chi connectivity index (χ0n) is 17.9. The van der Waals surface area contributed by atoms with Crippen LogP contribution in [0.25, 0.3) is 0 Å². The first-order valence-electron chi connectivity index (χ1n) is 10.2. The van der Waals surface area contributed by atoms with Crippen molar-refractivity contribution in [2.45, 2.75) is 19.0 Å². The predicted molar refractivity (Wildman–Crippen MR) is 111 cm³/mol. The highest BCUT2D eigenvalue weighted by molar-refractivity contribution is 5.95. The number of hydrogen-bond acceptors (Lipinski definition) is 8. The molecule has 0 spiro atoms. The molecular formula is C21H23F3N4O5. The monoisotopic (exact) mass is 468 g/mol. The van der Waals surface area contributed by atoms with Crippen molar-refractivity contribution in [3.63, 3.8) is 0 Å². The van der Waals surface area contributed by atoms with E-state index in [1.807, 2.05) is 4.90 Å². The summed E-state index contributed by atoms with van der Waals surface area (Å²) in [5.74, 6) is -1.07. The third kappa shape index (κ3) is 6.78. The molecule has 0 saturated carbocycles. The van der Waals surface area contributed by atoms with Gasteiger partial charge >= 0.3 is 12.1 Å². The maximum absolute atomic E-state index is 13.1. The highest BCUT2D eigenvalue weighted by Crippen LogP contribution is 2.35. The van der Waals surface area contributed by atoms with Crippen molar-refractivity contribution < 1.29 is 37.0 Å². The molecule has 1 amide bonds. The molecule has 0 unspecified atom stereocenters. The Morgan fingerprint density at radius 1 is 1.09 bits per heavy atom. The van der Waals surface area contributed by atoms with Gasteiger partial charge in [-0.25, -0.2) is 4.79 Å². The number of benzene rings is 1. The molecule has 0 aliphatic carbocycles. The number of hydrogen-bond donors (Lipinski definition) is 1. The Morgan fingerprint density at radius 3 is 2.48 bits per heavy atom. The van der Waals surface area contributed by atoms with Crippen LogP contribution >= 0.6 is 0 Å². The third-order valence-corrected chi connectivity index (χ3v) is 4.75. The molecule has 2 aromatic rings. The fourth-order valence-corrected chi connectivity index (χ4v) is 3.11. The maximum Gasteiger partial charge on any atom is 0.416 e. The first-order valence-corrected chi connectivity index (χ1v) is 10.2. The number of aromatic nitrogens is 2. The summed E-state index contributed by atoms with van der Waals surface area (Å²) in [6, 6.07) is 5.75. The Balaban J connectivity index is 1.60. The number of ether oxygens (including phenoxy) is 3. The number of carbonyl (C=O) groups excluding carboxylic acids is 2. The predicted octanol–water partition coefficient (Wildman–Crippen LogP) is 2.92. The highest BCUT2D eigenvalue weighted by Gasteiger charge is 2.31. The van der Waals surface area contributed by atoms with Gasteiger partial charge in [0.05, 0.1) is 17.9 Å². The second-order valence-corrected chi connectivity index (χ2v) is 7.15. The fourth-order valence-electron chi connectivity index (χ4n) is 3.11. The molecule has 0 radical (unpaired) electrons. The van der Waals surface area contributed by atoms with Crippen molar-refractivity contribution >= 4 is 23.4 Å². The van der Waals surface area contributed by atoms with Gasteiger partial charge in [-0.1, -0.05) is 0 Å². The lowest BCUT2D eigenvalue weighted by molar-refractivity contribution is -0.137. The second-order valence-electron chi connectivity index (χ2n) is 7.15. The standard InChI is InChI=1S/C21H23F3N4O5/c1-31-10-11-32-17-6-4-14(21(22,23)24)12-16(17)25-19(29)13-33-20(30)15-5-7-18(27-26-15)28-8-2-3-9-28/h4-7,12H,2-3,8-11,13H2,1H3,(H,25,29). The summed E-state index contributed by atoms with van der Waals surface area (Å²) in [5.41, 5.74) is -1.27. The molecule has 0 bridgehead atoms. The summed E-state index contributed by atoms with van der Waals surface area (Å²) < 4.78 is 54.3. The van der Waals surface area contributed by atoms with Crippen LogP contribution < -0.4 is 15.0 Å². The van der Waals surface area contributed by atoms with Gasteiger partial charge in [0.1, 0.15) is 12.4 Å². The van der Waals surface area contributed by atoms with Crippen LogP contribution in [0.3, 0.4) is 0 Å². The summed E-state index contributed by atoms with van der Waals surface area (Å²) >= 11 is 0. The minimum atomic E-state index is -4.61. The number of alkyl halides is 3. The molecule has 1 N–H and O–H groups in total. The average Bonchev–Trinajstić information content (AvgIpc) is 3.33. The summed E-state index contributed by atoms with van der Waals surface area (Å²) in [7, 11) is 1.44. The molecule has 33 heavy (non-hydrogen) atoms. The summed E-state index contributed by atoms with van der Waals surface area (Å²) in [6.45, 7) is 1.26. The quantitative estimate of drug-likeness (QED) is 0.443. The van der Waals surface area contributed by atoms with Gasteiger partial charge in [0.15, 0.2) is 18.1 Å². The van der Waals surface area contributed by atoms with Crippen molar-refractivity contribution in [1.29, 1.82) is 0 Å². The Labute approximate surface area is 187 Å². The minimum absolute atomic E-state index is 0.0168. The van der Waals surface area contributed by atoms with E-state index in [0.29, 0.717) is 5.82 Å². The van der Waals surface area contributed by atoms with Gasteiger partial charge in [-0.05, 0) is 43.2 Å². The van der Waals surface area contributed by atoms with E-state index in [-0.39, 0.29) is 30.3 Å². The Bertz CT molecular complexity index is 963. The van der Waals surface area contributed by atoms with Crippen LogP contribution in [0.4, 0.5) is 24.7 Å². The number of nitrogens with one attached hydrogen (secondary N) is 1. The zero-order valence-corrected chi connectivity index (χ0v) is 17.9. The normalized spacial score (nSPS) is 13.6. The van der Waals surface area contributed by atoms with Gasteiger partial charge in [0.2, 0.25) is 0 Å². The van der Waals surface area contributed by atoms with Crippen LogP contribution in [-0.4, -0.2) is 62.1 Å². The van der Waals surface area contributed by atoms with Crippen LogP contribution in [0.1, 0.15) is 28.9 Å². The summed E-state index contributed by atoms with van der Waals surface area (Å²) in [5, 5.41) is 10.1. The molecule has 0 atom stereocenters. The van der Waals surface area contributed by atoms with Gasteiger partial charge in [-0.2, -0.15) is 13.2 Å². The molecule has 1 aromatic carbocycles. The van der Waals surface area contributed by atoms with Gasteiger partial charge in [0.25, 0.3) is 5.91 Å².